The first-order valence-corrected chi connectivity index (χ1v) is 12.4. The Kier molecular flexibility index (Phi) is 7.17. The van der Waals surface area contributed by atoms with E-state index in [0.29, 0.717) is 40.9 Å². The fourth-order valence-electron chi connectivity index (χ4n) is 4.40. The summed E-state index contributed by atoms with van der Waals surface area (Å²) in [7, 11) is 0. The number of nitrogens with zero attached hydrogens (tertiary/aromatic N) is 4. The third kappa shape index (κ3) is 5.71. The first kappa shape index (κ1) is 25.5. The van der Waals surface area contributed by atoms with Crippen LogP contribution in [0.1, 0.15) is 53.3 Å². The third-order valence-corrected chi connectivity index (χ3v) is 6.68. The van der Waals surface area contributed by atoms with Gasteiger partial charge < -0.3 is 19.7 Å². The number of hydrogen-bond acceptors (Lipinski definition) is 6. The lowest BCUT2D eigenvalue weighted by Crippen LogP contribution is -2.17. The second kappa shape index (κ2) is 10.7. The molecule has 11 heteroatoms. The van der Waals surface area contributed by atoms with Gasteiger partial charge in [0.15, 0.2) is 11.5 Å². The Morgan fingerprint density at radius 3 is 2.42 bits per heavy atom. The molecule has 1 aliphatic carbocycles. The van der Waals surface area contributed by atoms with E-state index in [4.69, 9.17) is 4.74 Å². The zero-order chi connectivity index (χ0) is 26.7. The van der Waals surface area contributed by atoms with Crippen molar-refractivity contribution < 1.29 is 27.8 Å². The normalized spacial score (nSPS) is 13.9. The number of anilines is 1. The van der Waals surface area contributed by atoms with Gasteiger partial charge in [-0.3, -0.25) is 0 Å². The van der Waals surface area contributed by atoms with Crippen molar-refractivity contribution in [2.75, 3.05) is 11.9 Å². The Morgan fingerprint density at radius 2 is 1.79 bits per heavy atom. The van der Waals surface area contributed by atoms with Crippen molar-refractivity contribution in [2.45, 2.75) is 45.0 Å². The van der Waals surface area contributed by atoms with Gasteiger partial charge in [0, 0.05) is 13.1 Å². The van der Waals surface area contributed by atoms with E-state index < -0.39 is 23.5 Å². The molecule has 1 aliphatic rings. The Hall–Kier alpha value is -4.15. The fourth-order valence-corrected chi connectivity index (χ4v) is 4.40. The van der Waals surface area contributed by atoms with Crippen molar-refractivity contribution in [3.63, 3.8) is 0 Å². The van der Waals surface area contributed by atoms with Crippen LogP contribution in [0, 0.1) is 5.92 Å². The van der Waals surface area contributed by atoms with Crippen LogP contribution in [0.3, 0.4) is 0 Å². The predicted molar refractivity (Wildman–Crippen MR) is 134 cm³/mol. The molecule has 1 saturated carbocycles. The van der Waals surface area contributed by atoms with Gasteiger partial charge in [-0.05, 0) is 42.2 Å². The number of fused-ring (bicyclic) bond motifs is 1. The molecule has 198 valence electrons. The third-order valence-electron chi connectivity index (χ3n) is 6.68. The summed E-state index contributed by atoms with van der Waals surface area (Å²) in [5.74, 6) is 0.314. The topological polar surface area (TPSA) is 102 Å². The number of ether oxygens (including phenoxy) is 1. The van der Waals surface area contributed by atoms with Gasteiger partial charge in [-0.2, -0.15) is 13.2 Å². The summed E-state index contributed by atoms with van der Waals surface area (Å²) in [5.41, 5.74) is 0.496. The lowest BCUT2D eigenvalue weighted by atomic mass is 9.83. The Labute approximate surface area is 216 Å². The highest BCUT2D eigenvalue weighted by Gasteiger charge is 2.30. The van der Waals surface area contributed by atoms with E-state index >= 15 is 0 Å². The number of aromatic nitrogens is 4. The molecule has 8 nitrogen and oxygen atoms in total. The van der Waals surface area contributed by atoms with Crippen LogP contribution in [0.4, 0.5) is 19.0 Å². The number of alkyl halides is 3. The molecule has 4 aromatic rings. The van der Waals surface area contributed by atoms with Crippen LogP contribution in [0.15, 0.2) is 54.6 Å². The van der Waals surface area contributed by atoms with Gasteiger partial charge in [0.2, 0.25) is 5.82 Å². The molecule has 0 saturated heterocycles. The summed E-state index contributed by atoms with van der Waals surface area (Å²) < 4.78 is 46.9. The van der Waals surface area contributed by atoms with Gasteiger partial charge in [0.1, 0.15) is 23.7 Å². The second-order valence-electron chi connectivity index (χ2n) is 9.30. The number of hydrogen-bond donors (Lipinski definition) is 2. The highest BCUT2D eigenvalue weighted by Crippen LogP contribution is 2.31. The summed E-state index contributed by atoms with van der Waals surface area (Å²) in [6.45, 7) is 0.789. The van der Waals surface area contributed by atoms with Crippen LogP contribution in [0.25, 0.3) is 11.2 Å². The number of carboxylic acids is 1. The van der Waals surface area contributed by atoms with Crippen LogP contribution in [0.5, 0.6) is 5.75 Å². The zero-order valence-corrected chi connectivity index (χ0v) is 20.4. The van der Waals surface area contributed by atoms with E-state index in [-0.39, 0.29) is 18.8 Å². The van der Waals surface area contributed by atoms with Crippen LogP contribution >= 0.6 is 0 Å². The molecule has 0 atom stereocenters. The maximum atomic E-state index is 13.1. The summed E-state index contributed by atoms with van der Waals surface area (Å²) >= 11 is 0. The molecule has 0 aliphatic heterocycles. The number of imidazole rings is 1. The van der Waals surface area contributed by atoms with Gasteiger partial charge in [-0.15, -0.1) is 0 Å². The van der Waals surface area contributed by atoms with Crippen molar-refractivity contribution in [3.05, 3.63) is 77.4 Å². The molecule has 2 aromatic carbocycles. The molecular weight excluding hydrogens is 499 g/mol. The number of nitrogens with one attached hydrogen (secondary N) is 1. The molecule has 1 fully saturated rings. The van der Waals surface area contributed by atoms with Gasteiger partial charge >= 0.3 is 12.1 Å². The Bertz CT molecular complexity index is 1420. The first-order chi connectivity index (χ1) is 18.3. The highest BCUT2D eigenvalue weighted by atomic mass is 19.4. The van der Waals surface area contributed by atoms with Crippen LogP contribution in [-0.2, 0) is 19.3 Å². The number of carboxylic acid groups (broad SMARTS) is 1. The molecule has 0 unspecified atom stereocenters. The Morgan fingerprint density at radius 1 is 1.05 bits per heavy atom. The van der Waals surface area contributed by atoms with E-state index in [1.807, 2.05) is 18.2 Å². The van der Waals surface area contributed by atoms with E-state index in [2.05, 4.69) is 20.3 Å². The molecule has 0 spiro atoms. The highest BCUT2D eigenvalue weighted by molar-refractivity contribution is 5.90. The monoisotopic (exact) mass is 525 g/mol. The van der Waals surface area contributed by atoms with Crippen LogP contribution < -0.4 is 10.1 Å². The maximum Gasteiger partial charge on any atom is 0.416 e. The second-order valence-corrected chi connectivity index (χ2v) is 9.30. The lowest BCUT2D eigenvalue weighted by Gasteiger charge is -2.25. The van der Waals surface area contributed by atoms with E-state index in [0.717, 1.165) is 18.6 Å². The minimum absolute atomic E-state index is 0.0327. The quantitative estimate of drug-likeness (QED) is 0.271. The number of para-hydroxylation sites is 1. The van der Waals surface area contributed by atoms with E-state index in [1.54, 1.807) is 16.7 Å². The number of rotatable bonds is 10. The molecule has 2 aromatic heterocycles. The molecule has 0 bridgehead atoms. The largest absolute Gasteiger partial charge is 0.486 e. The predicted octanol–water partition coefficient (Wildman–Crippen LogP) is 5.77. The minimum atomic E-state index is -4.44. The van der Waals surface area contributed by atoms with E-state index in [1.165, 1.54) is 31.4 Å². The Balaban J connectivity index is 1.53. The molecule has 38 heavy (non-hydrogen) atoms. The zero-order valence-electron chi connectivity index (χ0n) is 20.4. The average molecular weight is 526 g/mol. The molecule has 0 amide bonds. The van der Waals surface area contributed by atoms with E-state index in [9.17, 15) is 23.1 Å². The first-order valence-electron chi connectivity index (χ1n) is 12.4. The smallest absolute Gasteiger partial charge is 0.416 e. The average Bonchev–Trinajstić information content (AvgIpc) is 3.21. The van der Waals surface area contributed by atoms with Crippen molar-refractivity contribution in [1.29, 1.82) is 0 Å². The number of halogens is 3. The van der Waals surface area contributed by atoms with Gasteiger partial charge in [-0.1, -0.05) is 49.6 Å². The van der Waals surface area contributed by atoms with Crippen molar-refractivity contribution in [2.24, 2.45) is 5.92 Å². The standard InChI is InChI=1S/C27H26F3N5O3/c28-27(29,30)19-11-9-18(10-12-19)15-35-21(16-38-20-7-2-1-3-8-20)32-24-22(35)23(33-25(34-24)26(36)37)31-14-13-17-5-4-6-17/h1-3,7-12,17H,4-6,13-16H2,(H,36,37)(H,31,33,34). The molecular formula is C27H26F3N5O3. The van der Waals surface area contributed by atoms with Gasteiger partial charge in [-0.25, -0.2) is 19.7 Å². The lowest BCUT2D eigenvalue weighted by molar-refractivity contribution is -0.137. The van der Waals surface area contributed by atoms with Crippen molar-refractivity contribution in [3.8, 4) is 5.75 Å². The summed E-state index contributed by atoms with van der Waals surface area (Å²) in [6, 6.07) is 14.0. The molecule has 0 radical (unpaired) electrons. The fraction of sp³-hybridized carbons (Fsp3) is 0.333. The SMILES string of the molecule is O=C(O)c1nc(NCCC2CCC2)c2c(n1)nc(COc1ccccc1)n2Cc1ccc(C(F)(F)F)cc1. The van der Waals surface area contributed by atoms with Gasteiger partial charge in [0.05, 0.1) is 5.56 Å². The van der Waals surface area contributed by atoms with Crippen molar-refractivity contribution in [1.82, 2.24) is 19.5 Å². The summed E-state index contributed by atoms with van der Waals surface area (Å²) in [6.07, 6.45) is 0.0524. The minimum Gasteiger partial charge on any atom is -0.486 e. The van der Waals surface area contributed by atoms with Crippen molar-refractivity contribution >= 4 is 23.0 Å². The van der Waals surface area contributed by atoms with Crippen LogP contribution in [-0.4, -0.2) is 37.1 Å². The number of aromatic carboxylic acids is 1. The summed E-state index contributed by atoms with van der Waals surface area (Å²) in [5, 5.41) is 12.8. The maximum absolute atomic E-state index is 13.1. The summed E-state index contributed by atoms with van der Waals surface area (Å²) in [4.78, 5) is 24.7. The number of carbonyl (C=O) groups is 1. The van der Waals surface area contributed by atoms with Gasteiger partial charge in [0.25, 0.3) is 0 Å². The van der Waals surface area contributed by atoms with Crippen LogP contribution in [0.2, 0.25) is 0 Å². The number of benzene rings is 2. The molecule has 2 N–H and O–H groups in total. The molecule has 2 heterocycles. The molecule has 5 rings (SSSR count).